The Labute approximate surface area is 106 Å². The molecule has 0 aromatic carbocycles. The van der Waals surface area contributed by atoms with Crippen molar-refractivity contribution in [2.75, 3.05) is 11.9 Å². The molecule has 1 unspecified atom stereocenters. The van der Waals surface area contributed by atoms with Crippen LogP contribution in [0.3, 0.4) is 0 Å². The van der Waals surface area contributed by atoms with Gasteiger partial charge in [-0.15, -0.1) is 5.10 Å². The molecule has 2 aromatic rings. The number of hydrogen-bond donors (Lipinski definition) is 1. The first kappa shape index (κ1) is 12.0. The fourth-order valence-corrected chi connectivity index (χ4v) is 2.14. The maximum atomic E-state index is 12.6. The number of hydrogen-bond acceptors (Lipinski definition) is 4. The van der Waals surface area contributed by atoms with Crippen molar-refractivity contribution in [1.29, 1.82) is 0 Å². The molecule has 3 rings (SSSR count). The predicted molar refractivity (Wildman–Crippen MR) is 59.5 cm³/mol. The van der Waals surface area contributed by atoms with Crippen LogP contribution in [0.15, 0.2) is 12.4 Å². The first-order chi connectivity index (χ1) is 8.95. The van der Waals surface area contributed by atoms with E-state index in [0.29, 0.717) is 13.0 Å². The summed E-state index contributed by atoms with van der Waals surface area (Å²) in [7, 11) is 1.76. The number of anilines is 1. The second kappa shape index (κ2) is 3.97. The van der Waals surface area contributed by atoms with Crippen LogP contribution in [0.5, 0.6) is 0 Å². The van der Waals surface area contributed by atoms with Crippen LogP contribution in [-0.4, -0.2) is 31.1 Å². The molecular weight excluding hydrogens is 261 g/mol. The number of nitrogens with one attached hydrogen (secondary N) is 1. The summed E-state index contributed by atoms with van der Waals surface area (Å²) >= 11 is 0. The van der Waals surface area contributed by atoms with Gasteiger partial charge in [0.2, 0.25) is 5.95 Å². The third kappa shape index (κ3) is 2.04. The first-order valence-corrected chi connectivity index (χ1v) is 5.71. The Balaban J connectivity index is 2.02. The molecule has 0 radical (unpaired) electrons. The van der Waals surface area contributed by atoms with Gasteiger partial charge in [0, 0.05) is 25.4 Å². The largest absolute Gasteiger partial charge is 0.453 e. The standard InChI is InChI=1S/C10H11F3N6/c1-18-5-6(4-15-18)7-2-3-14-9-16-8(10(11,12)13)17-19(7)9/h4-5,7H,2-3H2,1H3,(H,14,16,17). The lowest BCUT2D eigenvalue weighted by Crippen LogP contribution is -2.24. The number of alkyl halides is 3. The highest BCUT2D eigenvalue weighted by Gasteiger charge is 2.39. The van der Waals surface area contributed by atoms with Crippen molar-refractivity contribution in [2.45, 2.75) is 18.6 Å². The van der Waals surface area contributed by atoms with E-state index in [2.05, 4.69) is 20.5 Å². The van der Waals surface area contributed by atoms with E-state index < -0.39 is 12.0 Å². The van der Waals surface area contributed by atoms with Gasteiger partial charge >= 0.3 is 6.18 Å². The van der Waals surface area contributed by atoms with E-state index in [1.807, 2.05) is 0 Å². The molecule has 1 N–H and O–H groups in total. The molecule has 9 heteroatoms. The summed E-state index contributed by atoms with van der Waals surface area (Å²) in [6.45, 7) is 0.551. The van der Waals surface area contributed by atoms with Gasteiger partial charge in [-0.2, -0.15) is 23.3 Å². The Kier molecular flexibility index (Phi) is 2.51. The van der Waals surface area contributed by atoms with Crippen molar-refractivity contribution in [2.24, 2.45) is 7.05 Å². The molecule has 1 aliphatic heterocycles. The Bertz CT molecular complexity index is 599. The van der Waals surface area contributed by atoms with E-state index in [1.54, 1.807) is 24.1 Å². The molecule has 3 heterocycles. The fraction of sp³-hybridized carbons (Fsp3) is 0.500. The van der Waals surface area contributed by atoms with E-state index in [9.17, 15) is 13.2 Å². The third-order valence-electron chi connectivity index (χ3n) is 2.99. The van der Waals surface area contributed by atoms with Gasteiger partial charge in [0.05, 0.1) is 12.2 Å². The normalized spacial score (nSPS) is 19.1. The molecule has 0 saturated heterocycles. The lowest BCUT2D eigenvalue weighted by molar-refractivity contribution is -0.145. The van der Waals surface area contributed by atoms with Crippen molar-refractivity contribution in [1.82, 2.24) is 24.5 Å². The molecule has 0 bridgehead atoms. The smallest absolute Gasteiger partial charge is 0.354 e. The number of aryl methyl sites for hydroxylation is 1. The number of aromatic nitrogens is 5. The van der Waals surface area contributed by atoms with Crippen LogP contribution in [0.2, 0.25) is 0 Å². The summed E-state index contributed by atoms with van der Waals surface area (Å²) in [5, 5.41) is 10.4. The van der Waals surface area contributed by atoms with Gasteiger partial charge in [0.1, 0.15) is 0 Å². The van der Waals surface area contributed by atoms with E-state index >= 15 is 0 Å². The van der Waals surface area contributed by atoms with Gasteiger partial charge in [-0.05, 0) is 6.42 Å². The fourth-order valence-electron chi connectivity index (χ4n) is 2.14. The van der Waals surface area contributed by atoms with Crippen molar-refractivity contribution >= 4 is 5.95 Å². The Morgan fingerprint density at radius 2 is 2.21 bits per heavy atom. The first-order valence-electron chi connectivity index (χ1n) is 5.71. The minimum Gasteiger partial charge on any atom is -0.354 e. The van der Waals surface area contributed by atoms with E-state index in [-0.39, 0.29) is 12.0 Å². The Morgan fingerprint density at radius 1 is 1.42 bits per heavy atom. The highest BCUT2D eigenvalue weighted by atomic mass is 19.4. The second-order valence-corrected chi connectivity index (χ2v) is 4.38. The lowest BCUT2D eigenvalue weighted by Gasteiger charge is -2.23. The minimum atomic E-state index is -4.54. The van der Waals surface area contributed by atoms with Crippen LogP contribution in [0.1, 0.15) is 23.9 Å². The zero-order chi connectivity index (χ0) is 13.6. The third-order valence-corrected chi connectivity index (χ3v) is 2.99. The van der Waals surface area contributed by atoms with Crippen LogP contribution in [-0.2, 0) is 13.2 Å². The summed E-state index contributed by atoms with van der Waals surface area (Å²) in [4.78, 5) is 3.49. The van der Waals surface area contributed by atoms with E-state index in [4.69, 9.17) is 0 Å². The average molecular weight is 272 g/mol. The van der Waals surface area contributed by atoms with Crippen molar-refractivity contribution in [3.8, 4) is 0 Å². The van der Waals surface area contributed by atoms with Crippen LogP contribution >= 0.6 is 0 Å². The molecule has 6 nitrogen and oxygen atoms in total. The lowest BCUT2D eigenvalue weighted by atomic mass is 10.1. The summed E-state index contributed by atoms with van der Waals surface area (Å²) in [5.41, 5.74) is 0.823. The molecule has 102 valence electrons. The summed E-state index contributed by atoms with van der Waals surface area (Å²) in [5.74, 6) is -0.974. The van der Waals surface area contributed by atoms with Gasteiger partial charge < -0.3 is 5.32 Å². The maximum absolute atomic E-state index is 12.6. The van der Waals surface area contributed by atoms with Gasteiger partial charge in [-0.25, -0.2) is 4.68 Å². The monoisotopic (exact) mass is 272 g/mol. The maximum Gasteiger partial charge on any atom is 0.453 e. The van der Waals surface area contributed by atoms with Gasteiger partial charge in [-0.1, -0.05) is 0 Å². The Morgan fingerprint density at radius 3 is 2.84 bits per heavy atom. The molecule has 0 fully saturated rings. The SMILES string of the molecule is Cn1cc(C2CCNc3nc(C(F)(F)F)nn32)cn1. The zero-order valence-corrected chi connectivity index (χ0v) is 10.0. The topological polar surface area (TPSA) is 60.6 Å². The number of nitrogens with zero attached hydrogens (tertiary/aromatic N) is 5. The van der Waals surface area contributed by atoms with Crippen LogP contribution in [0, 0.1) is 0 Å². The van der Waals surface area contributed by atoms with Crippen LogP contribution in [0.25, 0.3) is 0 Å². The average Bonchev–Trinajstić information content (AvgIpc) is 2.93. The molecule has 0 aliphatic carbocycles. The summed E-state index contributed by atoms with van der Waals surface area (Å²) in [6, 6.07) is -0.270. The molecule has 0 spiro atoms. The highest BCUT2D eigenvalue weighted by molar-refractivity contribution is 5.32. The van der Waals surface area contributed by atoms with Crippen LogP contribution in [0.4, 0.5) is 19.1 Å². The number of fused-ring (bicyclic) bond motifs is 1. The number of halogens is 3. The van der Waals surface area contributed by atoms with Crippen molar-refractivity contribution in [3.63, 3.8) is 0 Å². The Hall–Kier alpha value is -2.06. The molecule has 1 atom stereocenters. The van der Waals surface area contributed by atoms with Crippen molar-refractivity contribution < 1.29 is 13.2 Å². The molecule has 19 heavy (non-hydrogen) atoms. The molecule has 2 aromatic heterocycles. The molecule has 0 amide bonds. The molecule has 1 aliphatic rings. The summed E-state index contributed by atoms with van der Waals surface area (Å²) < 4.78 is 40.8. The van der Waals surface area contributed by atoms with Crippen molar-refractivity contribution in [3.05, 3.63) is 23.8 Å². The predicted octanol–water partition coefficient (Wildman–Crippen LogP) is 1.44. The van der Waals surface area contributed by atoms with Gasteiger partial charge in [0.15, 0.2) is 0 Å². The van der Waals surface area contributed by atoms with E-state index in [0.717, 1.165) is 5.56 Å². The number of rotatable bonds is 1. The highest BCUT2D eigenvalue weighted by Crippen LogP contribution is 2.32. The van der Waals surface area contributed by atoms with Gasteiger partial charge in [0.25, 0.3) is 5.82 Å². The second-order valence-electron chi connectivity index (χ2n) is 4.38. The summed E-state index contributed by atoms with van der Waals surface area (Å²) in [6.07, 6.45) is -0.492. The van der Waals surface area contributed by atoms with Gasteiger partial charge in [-0.3, -0.25) is 4.68 Å². The molecular formula is C10H11F3N6. The van der Waals surface area contributed by atoms with E-state index in [1.165, 1.54) is 4.68 Å². The van der Waals surface area contributed by atoms with Crippen LogP contribution < -0.4 is 5.32 Å². The molecule has 0 saturated carbocycles. The quantitative estimate of drug-likeness (QED) is 0.853. The minimum absolute atomic E-state index is 0.146. The zero-order valence-electron chi connectivity index (χ0n) is 10.0.